The Bertz CT molecular complexity index is 1130. The number of nitrogens with one attached hydrogen (secondary N) is 1. The summed E-state index contributed by atoms with van der Waals surface area (Å²) in [7, 11) is 0. The van der Waals surface area contributed by atoms with E-state index in [4.69, 9.17) is 4.74 Å². The van der Waals surface area contributed by atoms with E-state index in [-0.39, 0.29) is 24.2 Å². The van der Waals surface area contributed by atoms with Gasteiger partial charge in [-0.25, -0.2) is 4.39 Å². The van der Waals surface area contributed by atoms with E-state index in [0.29, 0.717) is 6.42 Å². The second-order valence-electron chi connectivity index (χ2n) is 8.39. The van der Waals surface area contributed by atoms with Crippen molar-refractivity contribution in [3.8, 4) is 5.75 Å². The fourth-order valence-corrected chi connectivity index (χ4v) is 4.06. The van der Waals surface area contributed by atoms with Gasteiger partial charge in [-0.05, 0) is 48.7 Å². The van der Waals surface area contributed by atoms with Crippen molar-refractivity contribution >= 4 is 27.7 Å². The van der Waals surface area contributed by atoms with Gasteiger partial charge in [-0.2, -0.15) is 0 Å². The van der Waals surface area contributed by atoms with Gasteiger partial charge in [0.15, 0.2) is 18.2 Å². The van der Waals surface area contributed by atoms with Crippen molar-refractivity contribution in [3.05, 3.63) is 100 Å². The molecule has 0 aromatic heterocycles. The minimum Gasteiger partial charge on any atom is -0.481 e. The van der Waals surface area contributed by atoms with Gasteiger partial charge in [-0.1, -0.05) is 77.5 Å². The van der Waals surface area contributed by atoms with E-state index in [1.54, 1.807) is 12.1 Å². The highest BCUT2D eigenvalue weighted by atomic mass is 79.9. The van der Waals surface area contributed by atoms with Gasteiger partial charge in [0.2, 0.25) is 5.91 Å². The van der Waals surface area contributed by atoms with E-state index in [0.717, 1.165) is 22.0 Å². The fourth-order valence-electron chi connectivity index (χ4n) is 3.61. The molecule has 3 aromatic carbocycles. The third-order valence-electron chi connectivity index (χ3n) is 5.70. The minimum atomic E-state index is -0.776. The summed E-state index contributed by atoms with van der Waals surface area (Å²) >= 11 is 3.47. The molecule has 5 nitrogen and oxygen atoms in total. The average Bonchev–Trinajstić information content (AvgIpc) is 2.86. The quantitative estimate of drug-likeness (QED) is 0.348. The molecule has 0 heterocycles. The summed E-state index contributed by atoms with van der Waals surface area (Å²) in [6.07, 6.45) is 1.10. The van der Waals surface area contributed by atoms with Gasteiger partial charge < -0.3 is 15.0 Å². The lowest BCUT2D eigenvalue weighted by molar-refractivity contribution is -0.143. The van der Waals surface area contributed by atoms with E-state index in [2.05, 4.69) is 21.2 Å². The Morgan fingerprint density at radius 1 is 1.00 bits per heavy atom. The maximum Gasteiger partial charge on any atom is 0.261 e. The van der Waals surface area contributed by atoms with Crippen LogP contribution in [0.4, 0.5) is 4.39 Å². The van der Waals surface area contributed by atoms with Gasteiger partial charge in [-0.3, -0.25) is 9.59 Å². The first kappa shape index (κ1) is 26.4. The van der Waals surface area contributed by atoms with Crippen LogP contribution in [0.1, 0.15) is 31.4 Å². The molecule has 184 valence electrons. The van der Waals surface area contributed by atoms with Crippen LogP contribution in [0.2, 0.25) is 0 Å². The van der Waals surface area contributed by atoms with Gasteiger partial charge in [0.05, 0.1) is 0 Å². The third-order valence-corrected chi connectivity index (χ3v) is 6.20. The van der Waals surface area contributed by atoms with Gasteiger partial charge in [0, 0.05) is 23.5 Å². The smallest absolute Gasteiger partial charge is 0.261 e. The predicted octanol–water partition coefficient (Wildman–Crippen LogP) is 5.52. The van der Waals surface area contributed by atoms with Crippen LogP contribution in [0.3, 0.4) is 0 Å². The van der Waals surface area contributed by atoms with E-state index in [1.165, 1.54) is 17.0 Å². The van der Waals surface area contributed by atoms with Crippen LogP contribution in [0, 0.1) is 5.82 Å². The highest BCUT2D eigenvalue weighted by molar-refractivity contribution is 9.10. The van der Waals surface area contributed by atoms with Gasteiger partial charge in [0.1, 0.15) is 6.04 Å². The molecule has 2 amide bonds. The lowest BCUT2D eigenvalue weighted by Gasteiger charge is -2.32. The molecular formula is C28H30BrFN2O3. The highest BCUT2D eigenvalue weighted by Gasteiger charge is 2.31. The lowest BCUT2D eigenvalue weighted by atomic mass is 10.0. The first-order valence-electron chi connectivity index (χ1n) is 11.6. The largest absolute Gasteiger partial charge is 0.481 e. The summed E-state index contributed by atoms with van der Waals surface area (Å²) in [5.74, 6) is -1.20. The highest BCUT2D eigenvalue weighted by Crippen LogP contribution is 2.20. The molecule has 0 fully saturated rings. The number of benzene rings is 3. The average molecular weight is 541 g/mol. The van der Waals surface area contributed by atoms with E-state index in [9.17, 15) is 14.0 Å². The Balaban J connectivity index is 1.92. The van der Waals surface area contributed by atoms with Crippen molar-refractivity contribution in [2.45, 2.75) is 45.3 Å². The second kappa shape index (κ2) is 13.0. The van der Waals surface area contributed by atoms with Crippen LogP contribution < -0.4 is 10.1 Å². The Morgan fingerprint density at radius 3 is 2.37 bits per heavy atom. The third kappa shape index (κ3) is 7.92. The van der Waals surface area contributed by atoms with Crippen LogP contribution in [-0.4, -0.2) is 35.4 Å². The van der Waals surface area contributed by atoms with E-state index in [1.807, 2.05) is 68.4 Å². The summed E-state index contributed by atoms with van der Waals surface area (Å²) in [4.78, 5) is 28.4. The van der Waals surface area contributed by atoms with Crippen molar-refractivity contribution < 1.29 is 18.7 Å². The minimum absolute atomic E-state index is 0.00748. The second-order valence-corrected chi connectivity index (χ2v) is 9.31. The number of para-hydroxylation sites is 1. The Labute approximate surface area is 214 Å². The summed E-state index contributed by atoms with van der Waals surface area (Å²) in [6.45, 7) is 3.73. The Hall–Kier alpha value is -3.19. The van der Waals surface area contributed by atoms with E-state index < -0.39 is 24.4 Å². The SMILES string of the molecule is CC[C@H](C)NC(=O)[C@H](Cc1ccccc1)N(Cc1cccc(Br)c1)C(=O)COc1ccccc1F. The van der Waals surface area contributed by atoms with Crippen molar-refractivity contribution in [3.63, 3.8) is 0 Å². The molecule has 0 unspecified atom stereocenters. The molecule has 0 saturated carbocycles. The van der Waals surface area contributed by atoms with Gasteiger partial charge in [-0.15, -0.1) is 0 Å². The Morgan fingerprint density at radius 2 is 1.69 bits per heavy atom. The zero-order chi connectivity index (χ0) is 25.2. The number of amides is 2. The summed E-state index contributed by atoms with van der Waals surface area (Å²) in [6, 6.07) is 22.3. The number of ether oxygens (including phenoxy) is 1. The molecule has 0 aliphatic heterocycles. The molecule has 3 rings (SSSR count). The lowest BCUT2D eigenvalue weighted by Crippen LogP contribution is -2.53. The zero-order valence-electron chi connectivity index (χ0n) is 19.9. The molecular weight excluding hydrogens is 511 g/mol. The van der Waals surface area contributed by atoms with Crippen molar-refractivity contribution in [1.29, 1.82) is 0 Å². The molecule has 0 spiro atoms. The van der Waals surface area contributed by atoms with E-state index >= 15 is 0 Å². The first-order valence-corrected chi connectivity index (χ1v) is 12.4. The van der Waals surface area contributed by atoms with Crippen LogP contribution >= 0.6 is 15.9 Å². The van der Waals surface area contributed by atoms with Crippen LogP contribution in [0.5, 0.6) is 5.75 Å². The number of halogens is 2. The number of hydrogen-bond acceptors (Lipinski definition) is 3. The van der Waals surface area contributed by atoms with Crippen molar-refractivity contribution in [2.24, 2.45) is 0 Å². The van der Waals surface area contributed by atoms with Crippen LogP contribution in [0.25, 0.3) is 0 Å². The van der Waals surface area contributed by atoms with Gasteiger partial charge in [0.25, 0.3) is 5.91 Å². The number of rotatable bonds is 11. The van der Waals surface area contributed by atoms with Crippen molar-refractivity contribution in [1.82, 2.24) is 10.2 Å². The number of nitrogens with zero attached hydrogens (tertiary/aromatic N) is 1. The maximum absolute atomic E-state index is 14.1. The topological polar surface area (TPSA) is 58.6 Å². The van der Waals surface area contributed by atoms with Gasteiger partial charge >= 0.3 is 0 Å². The number of carbonyl (C=O) groups is 2. The molecule has 0 bridgehead atoms. The maximum atomic E-state index is 14.1. The predicted molar refractivity (Wildman–Crippen MR) is 138 cm³/mol. The molecule has 3 aromatic rings. The number of hydrogen-bond donors (Lipinski definition) is 1. The Kier molecular flexibility index (Phi) is 9.85. The normalized spacial score (nSPS) is 12.5. The zero-order valence-corrected chi connectivity index (χ0v) is 21.5. The summed E-state index contributed by atoms with van der Waals surface area (Å²) in [5.41, 5.74) is 1.78. The standard InChI is InChI=1S/C28H30BrFN2O3/c1-3-20(2)31-28(34)25(17-21-10-5-4-6-11-21)32(18-22-12-9-13-23(29)16-22)27(33)19-35-26-15-8-7-14-24(26)30/h4-16,20,25H,3,17-19H2,1-2H3,(H,31,34)/t20-,25-/m0/s1. The van der Waals surface area contributed by atoms with Crippen LogP contribution in [-0.2, 0) is 22.6 Å². The first-order chi connectivity index (χ1) is 16.9. The summed E-state index contributed by atoms with van der Waals surface area (Å²) in [5, 5.41) is 3.02. The molecule has 0 saturated heterocycles. The molecule has 7 heteroatoms. The molecule has 0 radical (unpaired) electrons. The molecule has 1 N–H and O–H groups in total. The molecule has 0 aliphatic carbocycles. The molecule has 2 atom stereocenters. The van der Waals surface area contributed by atoms with Crippen molar-refractivity contribution in [2.75, 3.05) is 6.61 Å². The fraction of sp³-hybridized carbons (Fsp3) is 0.286. The van der Waals surface area contributed by atoms with Crippen LogP contribution in [0.15, 0.2) is 83.3 Å². The summed E-state index contributed by atoms with van der Waals surface area (Å²) < 4.78 is 20.5. The molecule has 35 heavy (non-hydrogen) atoms. The number of carbonyl (C=O) groups excluding carboxylic acids is 2. The monoisotopic (exact) mass is 540 g/mol. The molecule has 0 aliphatic rings.